The third kappa shape index (κ3) is 8.53. The van der Waals surface area contributed by atoms with Crippen molar-refractivity contribution in [1.82, 2.24) is 19.9 Å². The van der Waals surface area contributed by atoms with E-state index in [0.717, 1.165) is 24.8 Å². The maximum absolute atomic E-state index is 12.4. The number of oxime groups is 2. The predicted molar refractivity (Wildman–Crippen MR) is 193 cm³/mol. The summed E-state index contributed by atoms with van der Waals surface area (Å²) in [6, 6.07) is 3.95. The number of thiophene rings is 1. The number of halogens is 2. The predicted octanol–water partition coefficient (Wildman–Crippen LogP) is 6.47. The van der Waals surface area contributed by atoms with Gasteiger partial charge in [-0.05, 0) is 62.3 Å². The van der Waals surface area contributed by atoms with Gasteiger partial charge in [0.05, 0.1) is 15.8 Å². The van der Waals surface area contributed by atoms with Crippen LogP contribution in [0.5, 0.6) is 12.0 Å². The number of H-pyrrole nitrogens is 2. The molecule has 1 aliphatic carbocycles. The molecule has 6 rings (SSSR count). The summed E-state index contributed by atoms with van der Waals surface area (Å²) in [5.74, 6) is 0. The van der Waals surface area contributed by atoms with E-state index in [0.29, 0.717) is 49.6 Å². The van der Waals surface area contributed by atoms with Crippen LogP contribution in [0.1, 0.15) is 63.6 Å². The van der Waals surface area contributed by atoms with Crippen molar-refractivity contribution >= 4 is 68.2 Å². The Bertz CT molecular complexity index is 2440. The smallest absolute Gasteiger partial charge is 0.337 e. The van der Waals surface area contributed by atoms with E-state index in [1.165, 1.54) is 23.5 Å². The number of allylic oxidation sites excluding steroid dienone is 4. The van der Waals surface area contributed by atoms with Crippen LogP contribution in [0, 0.1) is 0 Å². The quantitative estimate of drug-likeness (QED) is 0.118. The van der Waals surface area contributed by atoms with E-state index in [1.54, 1.807) is 19.9 Å². The molecule has 0 atom stereocenters. The van der Waals surface area contributed by atoms with E-state index < -0.39 is 22.4 Å². The average Bonchev–Trinajstić information content (AvgIpc) is 3.74. The van der Waals surface area contributed by atoms with Crippen LogP contribution < -0.4 is 32.0 Å². The molecule has 5 aromatic heterocycles. The Morgan fingerprint density at radius 3 is 1.98 bits per heavy atom. The number of rotatable bonds is 10. The summed E-state index contributed by atoms with van der Waals surface area (Å²) < 4.78 is 11.0. The number of nitrogens with one attached hydrogen (secondary N) is 2. The molecule has 0 aliphatic heterocycles. The molecule has 1 aliphatic rings. The third-order valence-corrected chi connectivity index (χ3v) is 8.79. The number of nitrogens with zero attached hydrogens (tertiary/aromatic N) is 4. The SMILES string of the molecule is CCCCc1cc(=O)oc2nc(O/N=C(/C)C3=CCC=C3)[nH]c(=O)c12.CCc1cc(=O)oc2nc(O/N=C(/C)c3cc(Cl)sc3Cl)[nH]c(=O)c12. The standard InChI is InChI=1S/C18H19N3O4.C15H11Cl2N3O4S/c1-3-4-7-13-10-14(22)24-17-15(13)16(23)19-18(20-17)25-21-11(2)12-8-5-6-9-12;1-3-7-4-10(21)23-14-11(7)13(22)18-15(19-14)24-20-6(2)8-5-9(16)25-12(8)17/h5,8-10H,3-4,6-7H2,1-2H3,(H,19,20,23);4-5H,3H2,1-2H3,(H,18,19,22)/b21-11-;20-6-. The number of aryl methyl sites for hydroxylation is 2. The molecule has 5 aromatic rings. The molecule has 0 bridgehead atoms. The normalized spacial score (nSPS) is 13.0. The van der Waals surface area contributed by atoms with Gasteiger partial charge in [0, 0.05) is 17.7 Å². The first kappa shape index (κ1) is 36.2. The van der Waals surface area contributed by atoms with Gasteiger partial charge in [-0.25, -0.2) is 9.59 Å². The molecule has 0 aromatic carbocycles. The van der Waals surface area contributed by atoms with Crippen molar-refractivity contribution in [2.75, 3.05) is 0 Å². The highest BCUT2D eigenvalue weighted by atomic mass is 35.5. The molecule has 5 heterocycles. The lowest BCUT2D eigenvalue weighted by molar-refractivity contribution is 0.311. The Kier molecular flexibility index (Phi) is 11.6. The van der Waals surface area contributed by atoms with Gasteiger partial charge in [0.1, 0.15) is 15.1 Å². The number of unbranched alkanes of at least 4 members (excludes halogenated alkanes) is 1. The van der Waals surface area contributed by atoms with E-state index in [-0.39, 0.29) is 34.2 Å². The molecule has 0 radical (unpaired) electrons. The van der Waals surface area contributed by atoms with Crippen molar-refractivity contribution in [3.8, 4) is 12.0 Å². The second-order valence-corrected chi connectivity index (χ2v) is 13.1. The van der Waals surface area contributed by atoms with Gasteiger partial charge in [0.15, 0.2) is 0 Å². The van der Waals surface area contributed by atoms with Crippen LogP contribution >= 0.6 is 34.5 Å². The lowest BCUT2D eigenvalue weighted by Crippen LogP contribution is -2.15. The van der Waals surface area contributed by atoms with Crippen molar-refractivity contribution < 1.29 is 18.5 Å². The average molecular weight is 742 g/mol. The molecule has 260 valence electrons. The van der Waals surface area contributed by atoms with Crippen LogP contribution in [-0.2, 0) is 12.8 Å². The molecule has 17 heteroatoms. The van der Waals surface area contributed by atoms with Crippen LogP contribution in [0.15, 0.2) is 80.3 Å². The zero-order chi connectivity index (χ0) is 35.9. The van der Waals surface area contributed by atoms with Crippen molar-refractivity contribution in [3.63, 3.8) is 0 Å². The Morgan fingerprint density at radius 2 is 1.46 bits per heavy atom. The van der Waals surface area contributed by atoms with Gasteiger partial charge in [0.2, 0.25) is 11.4 Å². The van der Waals surface area contributed by atoms with E-state index in [4.69, 9.17) is 41.7 Å². The summed E-state index contributed by atoms with van der Waals surface area (Å²) in [4.78, 5) is 71.3. The van der Waals surface area contributed by atoms with Gasteiger partial charge in [-0.3, -0.25) is 19.6 Å². The Morgan fingerprint density at radius 1 is 0.880 bits per heavy atom. The topological polar surface area (TPSA) is 195 Å². The second kappa shape index (κ2) is 16.1. The number of hydrogen-bond donors (Lipinski definition) is 2. The van der Waals surface area contributed by atoms with Crippen LogP contribution in [-0.4, -0.2) is 31.4 Å². The number of aromatic nitrogens is 4. The van der Waals surface area contributed by atoms with Crippen molar-refractivity contribution in [3.05, 3.63) is 109 Å². The molecule has 50 heavy (non-hydrogen) atoms. The van der Waals surface area contributed by atoms with Crippen LogP contribution in [0.2, 0.25) is 8.67 Å². The number of aromatic amines is 2. The third-order valence-electron chi connectivity index (χ3n) is 7.30. The van der Waals surface area contributed by atoms with Crippen molar-refractivity contribution in [1.29, 1.82) is 0 Å². The van der Waals surface area contributed by atoms with Gasteiger partial charge in [-0.2, -0.15) is 9.97 Å². The summed E-state index contributed by atoms with van der Waals surface area (Å²) in [6.45, 7) is 7.32. The minimum Gasteiger partial charge on any atom is -0.403 e. The van der Waals surface area contributed by atoms with Gasteiger partial charge >= 0.3 is 23.3 Å². The number of fused-ring (bicyclic) bond motifs is 2. The van der Waals surface area contributed by atoms with Gasteiger partial charge in [-0.1, -0.05) is 72.0 Å². The number of hydrogen-bond acceptors (Lipinski definition) is 13. The second-order valence-electron chi connectivity index (χ2n) is 10.8. The molecule has 0 saturated carbocycles. The molecule has 0 amide bonds. The fraction of sp³-hybridized carbons (Fsp3) is 0.273. The molecule has 2 N–H and O–H groups in total. The van der Waals surface area contributed by atoms with Crippen LogP contribution in [0.25, 0.3) is 22.2 Å². The van der Waals surface area contributed by atoms with Gasteiger partial charge < -0.3 is 18.5 Å². The van der Waals surface area contributed by atoms with Crippen molar-refractivity contribution in [2.24, 2.45) is 10.3 Å². The van der Waals surface area contributed by atoms with Gasteiger partial charge in [0.25, 0.3) is 11.1 Å². The summed E-state index contributed by atoms with van der Waals surface area (Å²) in [6.07, 6.45) is 9.74. The molecule has 0 saturated heterocycles. The Hall–Kier alpha value is -5.12. The van der Waals surface area contributed by atoms with Crippen LogP contribution in [0.3, 0.4) is 0 Å². The molecule has 0 spiro atoms. The van der Waals surface area contributed by atoms with E-state index in [9.17, 15) is 19.2 Å². The van der Waals surface area contributed by atoms with E-state index >= 15 is 0 Å². The molecule has 0 fully saturated rings. The zero-order valence-electron chi connectivity index (χ0n) is 27.2. The van der Waals surface area contributed by atoms with E-state index in [2.05, 4.69) is 30.2 Å². The molecule has 14 nitrogen and oxygen atoms in total. The fourth-order valence-corrected chi connectivity index (χ4v) is 6.39. The molecule has 0 unspecified atom stereocenters. The lowest BCUT2D eigenvalue weighted by Gasteiger charge is -2.05. The Balaban J connectivity index is 0.000000194. The maximum Gasteiger partial charge on any atom is 0.337 e. The summed E-state index contributed by atoms with van der Waals surface area (Å²) in [5, 5.41) is 8.33. The summed E-state index contributed by atoms with van der Waals surface area (Å²) in [5.41, 5.74) is 1.69. The van der Waals surface area contributed by atoms with Crippen LogP contribution in [0.4, 0.5) is 0 Å². The van der Waals surface area contributed by atoms with Gasteiger partial charge in [-0.15, -0.1) is 11.3 Å². The highest BCUT2D eigenvalue weighted by Gasteiger charge is 2.15. The largest absolute Gasteiger partial charge is 0.403 e. The Labute approximate surface area is 296 Å². The summed E-state index contributed by atoms with van der Waals surface area (Å²) >= 11 is 13.1. The maximum atomic E-state index is 12.4. The molecular formula is C33H30Cl2N6O8S. The minimum absolute atomic E-state index is 0.0369. The first-order valence-electron chi connectivity index (χ1n) is 15.4. The summed E-state index contributed by atoms with van der Waals surface area (Å²) in [7, 11) is 0. The first-order valence-corrected chi connectivity index (χ1v) is 16.9. The van der Waals surface area contributed by atoms with Crippen molar-refractivity contribution in [2.45, 2.75) is 59.8 Å². The zero-order valence-corrected chi connectivity index (χ0v) is 29.5. The minimum atomic E-state index is -0.590. The molecular weight excluding hydrogens is 711 g/mol. The van der Waals surface area contributed by atoms with E-state index in [1.807, 2.05) is 32.1 Å². The highest BCUT2D eigenvalue weighted by Crippen LogP contribution is 2.31. The fourth-order valence-electron chi connectivity index (χ4n) is 4.83. The monoisotopic (exact) mass is 740 g/mol. The lowest BCUT2D eigenvalue weighted by atomic mass is 10.1. The highest BCUT2D eigenvalue weighted by molar-refractivity contribution is 7.20. The first-order chi connectivity index (χ1) is 24.0.